The van der Waals surface area contributed by atoms with Gasteiger partial charge in [-0.25, -0.2) is 4.99 Å². The third-order valence-electron chi connectivity index (χ3n) is 5.87. The lowest BCUT2D eigenvalue weighted by molar-refractivity contribution is -0.384. The van der Waals surface area contributed by atoms with Crippen molar-refractivity contribution in [2.24, 2.45) is 4.99 Å². The second-order valence-electron chi connectivity index (χ2n) is 7.90. The quantitative estimate of drug-likeness (QED) is 0.216. The van der Waals surface area contributed by atoms with E-state index in [4.69, 9.17) is 28.2 Å². The minimum Gasteiger partial charge on any atom is -0.309 e. The van der Waals surface area contributed by atoms with E-state index in [2.05, 4.69) is 28.8 Å². The van der Waals surface area contributed by atoms with Gasteiger partial charge in [-0.05, 0) is 48.6 Å². The van der Waals surface area contributed by atoms with E-state index < -0.39 is 0 Å². The van der Waals surface area contributed by atoms with E-state index in [1.807, 2.05) is 17.5 Å². The normalized spacial score (nSPS) is 15.9. The summed E-state index contributed by atoms with van der Waals surface area (Å²) in [6.45, 7) is 0. The van der Waals surface area contributed by atoms with Crippen molar-refractivity contribution in [2.45, 2.75) is 25.3 Å². The molecule has 0 radical (unpaired) electrons. The molecule has 0 spiro atoms. The monoisotopic (exact) mass is 495 g/mol. The zero-order chi connectivity index (χ0) is 22.9. The van der Waals surface area contributed by atoms with E-state index in [-0.39, 0.29) is 16.7 Å². The summed E-state index contributed by atoms with van der Waals surface area (Å²) in [7, 11) is 0. The van der Waals surface area contributed by atoms with E-state index in [9.17, 15) is 10.1 Å². The van der Waals surface area contributed by atoms with Crippen LogP contribution in [0, 0.1) is 10.1 Å². The maximum atomic E-state index is 11.4. The molecule has 8 heteroatoms. The highest BCUT2D eigenvalue weighted by molar-refractivity contribution is 7.07. The predicted octanol–water partition coefficient (Wildman–Crippen LogP) is 7.59. The van der Waals surface area contributed by atoms with Crippen molar-refractivity contribution in [3.8, 4) is 11.3 Å². The Balaban J connectivity index is 1.74. The van der Waals surface area contributed by atoms with E-state index in [1.165, 1.54) is 28.5 Å². The molecule has 5 rings (SSSR count). The van der Waals surface area contributed by atoms with Crippen molar-refractivity contribution >= 4 is 45.9 Å². The lowest BCUT2D eigenvalue weighted by atomic mass is 9.87. The number of nitro benzene ring substituents is 1. The number of nitro groups is 1. The summed E-state index contributed by atoms with van der Waals surface area (Å²) < 4.78 is 2.21. The highest BCUT2D eigenvalue weighted by atomic mass is 35.5. The van der Waals surface area contributed by atoms with Crippen LogP contribution in [0.1, 0.15) is 30.0 Å². The minimum absolute atomic E-state index is 0.0669. The van der Waals surface area contributed by atoms with Crippen LogP contribution in [0.3, 0.4) is 0 Å². The molecular weight excluding hydrogens is 477 g/mol. The van der Waals surface area contributed by atoms with Crippen LogP contribution in [0.25, 0.3) is 11.3 Å². The first kappa shape index (κ1) is 21.9. The highest BCUT2D eigenvalue weighted by Crippen LogP contribution is 2.36. The number of hydrogen-bond donors (Lipinski definition) is 0. The van der Waals surface area contributed by atoms with Gasteiger partial charge in [0.1, 0.15) is 0 Å². The van der Waals surface area contributed by atoms with Crippen molar-refractivity contribution in [1.82, 2.24) is 4.57 Å². The van der Waals surface area contributed by atoms with E-state index in [0.29, 0.717) is 15.7 Å². The van der Waals surface area contributed by atoms with Crippen LogP contribution in [-0.2, 0) is 6.42 Å². The third kappa shape index (κ3) is 4.34. The summed E-state index contributed by atoms with van der Waals surface area (Å²) in [5.41, 5.74) is 5.07. The van der Waals surface area contributed by atoms with E-state index in [1.54, 1.807) is 24.3 Å². The molecule has 0 N–H and O–H groups in total. The molecule has 3 aromatic carbocycles. The summed E-state index contributed by atoms with van der Waals surface area (Å²) >= 11 is 13.8. The van der Waals surface area contributed by atoms with Crippen molar-refractivity contribution in [3.63, 3.8) is 0 Å². The Morgan fingerprint density at radius 3 is 2.70 bits per heavy atom. The van der Waals surface area contributed by atoms with Crippen LogP contribution in [0.2, 0.25) is 10.0 Å². The number of rotatable bonds is 4. The molecule has 0 fully saturated rings. The molecule has 0 amide bonds. The van der Waals surface area contributed by atoms with Crippen LogP contribution < -0.4 is 4.80 Å². The summed E-state index contributed by atoms with van der Waals surface area (Å²) in [5.74, 6) is 0. The number of benzene rings is 3. The molecule has 0 saturated heterocycles. The molecule has 1 aromatic heterocycles. The number of nitrogens with zero attached hydrogens (tertiary/aromatic N) is 3. The Labute approximate surface area is 204 Å². The largest absolute Gasteiger partial charge is 0.309 e. The number of halogens is 2. The van der Waals surface area contributed by atoms with E-state index >= 15 is 0 Å². The van der Waals surface area contributed by atoms with Crippen molar-refractivity contribution in [1.29, 1.82) is 0 Å². The van der Waals surface area contributed by atoms with Crippen LogP contribution in [0.4, 0.5) is 11.4 Å². The molecule has 0 bridgehead atoms. The molecule has 1 unspecified atom stereocenters. The molecule has 4 aromatic rings. The van der Waals surface area contributed by atoms with Crippen LogP contribution in [0.15, 0.2) is 77.1 Å². The summed E-state index contributed by atoms with van der Waals surface area (Å²) in [5, 5.41) is 14.3. The Morgan fingerprint density at radius 1 is 1.03 bits per heavy atom. The maximum absolute atomic E-state index is 11.4. The van der Waals surface area contributed by atoms with Gasteiger partial charge in [0.2, 0.25) is 0 Å². The minimum atomic E-state index is -0.364. The fourth-order valence-electron chi connectivity index (χ4n) is 4.35. The molecule has 1 atom stereocenters. The van der Waals surface area contributed by atoms with Crippen molar-refractivity contribution in [2.75, 3.05) is 0 Å². The van der Waals surface area contributed by atoms with Crippen LogP contribution in [0.5, 0.6) is 0 Å². The lowest BCUT2D eigenvalue weighted by Gasteiger charge is -2.28. The number of thiazole rings is 1. The average Bonchev–Trinajstić information content (AvgIpc) is 3.24. The Kier molecular flexibility index (Phi) is 6.06. The molecule has 166 valence electrons. The van der Waals surface area contributed by atoms with Crippen LogP contribution in [-0.4, -0.2) is 9.49 Å². The second kappa shape index (κ2) is 9.14. The van der Waals surface area contributed by atoms with Gasteiger partial charge in [0.05, 0.1) is 32.4 Å². The molecule has 1 aliphatic rings. The SMILES string of the molecule is O=[N+]([O-])c1cccc(-c2csc(=Nc3ccc(Cl)c(Cl)c3)n2C2CCCc3ccccc32)c1. The first-order valence-electron chi connectivity index (χ1n) is 10.5. The van der Waals surface area contributed by atoms with Gasteiger partial charge in [0.15, 0.2) is 4.80 Å². The number of aromatic nitrogens is 1. The summed E-state index contributed by atoms with van der Waals surface area (Å²) in [4.78, 5) is 16.7. The third-order valence-corrected chi connectivity index (χ3v) is 7.45. The fraction of sp³-hybridized carbons (Fsp3) is 0.160. The fourth-order valence-corrected chi connectivity index (χ4v) is 5.61. The molecule has 5 nitrogen and oxygen atoms in total. The van der Waals surface area contributed by atoms with E-state index in [0.717, 1.165) is 35.3 Å². The number of hydrogen-bond acceptors (Lipinski definition) is 4. The van der Waals surface area contributed by atoms with Gasteiger partial charge in [-0.2, -0.15) is 0 Å². The van der Waals surface area contributed by atoms with Gasteiger partial charge in [-0.15, -0.1) is 11.3 Å². The number of aryl methyl sites for hydroxylation is 1. The van der Waals surface area contributed by atoms with Crippen LogP contribution >= 0.6 is 34.5 Å². The predicted molar refractivity (Wildman–Crippen MR) is 134 cm³/mol. The first-order valence-corrected chi connectivity index (χ1v) is 12.2. The van der Waals surface area contributed by atoms with Gasteiger partial charge in [0, 0.05) is 23.1 Å². The zero-order valence-electron chi connectivity index (χ0n) is 17.4. The highest BCUT2D eigenvalue weighted by Gasteiger charge is 2.25. The Hall–Kier alpha value is -2.93. The van der Waals surface area contributed by atoms with Gasteiger partial charge in [-0.3, -0.25) is 10.1 Å². The first-order chi connectivity index (χ1) is 16.0. The molecule has 1 aliphatic carbocycles. The molecule has 33 heavy (non-hydrogen) atoms. The molecule has 0 saturated carbocycles. The number of non-ortho nitro benzene ring substituents is 1. The summed E-state index contributed by atoms with van der Waals surface area (Å²) in [6.07, 6.45) is 3.07. The lowest BCUT2D eigenvalue weighted by Crippen LogP contribution is -2.26. The average molecular weight is 496 g/mol. The van der Waals surface area contributed by atoms with Gasteiger partial charge in [0.25, 0.3) is 5.69 Å². The molecular formula is C25H19Cl2N3O2S. The summed E-state index contributed by atoms with van der Waals surface area (Å²) in [6, 6.07) is 20.6. The van der Waals surface area contributed by atoms with Crippen molar-refractivity contribution in [3.05, 3.63) is 108 Å². The van der Waals surface area contributed by atoms with Gasteiger partial charge in [-0.1, -0.05) is 59.6 Å². The standard InChI is InChI=1S/C25H19Cl2N3O2S/c26-21-12-11-18(14-22(21)27)28-25-29(23-10-4-6-16-5-1-2-9-20(16)23)24(15-33-25)17-7-3-8-19(13-17)30(31)32/h1-3,5,7-9,11-15,23H,4,6,10H2. The topological polar surface area (TPSA) is 60.4 Å². The van der Waals surface area contributed by atoms with Crippen molar-refractivity contribution < 1.29 is 4.92 Å². The zero-order valence-corrected chi connectivity index (χ0v) is 19.8. The second-order valence-corrected chi connectivity index (χ2v) is 9.55. The molecule has 0 aliphatic heterocycles. The Morgan fingerprint density at radius 2 is 1.88 bits per heavy atom. The maximum Gasteiger partial charge on any atom is 0.270 e. The Bertz CT molecular complexity index is 1430. The number of fused-ring (bicyclic) bond motifs is 1. The molecule has 1 heterocycles. The van der Waals surface area contributed by atoms with Gasteiger partial charge >= 0.3 is 0 Å². The smallest absolute Gasteiger partial charge is 0.270 e. The van der Waals surface area contributed by atoms with Gasteiger partial charge < -0.3 is 4.57 Å².